The Balaban J connectivity index is 4.28. The fraction of sp³-hybridized carbons (Fsp3) is 0.966. The molecule has 10 heteroatoms. The predicted molar refractivity (Wildman–Crippen MR) is 284 cm³/mol. The summed E-state index contributed by atoms with van der Waals surface area (Å²) in [7, 11) is 0. The van der Waals surface area contributed by atoms with Crippen molar-refractivity contribution in [2.24, 2.45) is 0 Å². The van der Waals surface area contributed by atoms with Crippen molar-refractivity contribution < 1.29 is 43.1 Å². The summed E-state index contributed by atoms with van der Waals surface area (Å²) in [6.07, 6.45) is 43.3. The quantitative estimate of drug-likeness (QED) is 0.0359. The first-order chi connectivity index (χ1) is 33.5. The van der Waals surface area contributed by atoms with Crippen LogP contribution >= 0.6 is 0 Å². The second-order valence-corrected chi connectivity index (χ2v) is 19.7. The number of aliphatic hydroxyl groups excluding tert-OH is 1. The van der Waals surface area contributed by atoms with E-state index >= 15 is 0 Å². The van der Waals surface area contributed by atoms with Gasteiger partial charge >= 0.3 is 11.9 Å². The molecule has 1 N–H and O–H groups in total. The third kappa shape index (κ3) is 51.1. The van der Waals surface area contributed by atoms with Crippen LogP contribution in [0.4, 0.5) is 0 Å². The zero-order chi connectivity index (χ0) is 49.5. The monoisotopic (exact) mass is 970 g/mol. The van der Waals surface area contributed by atoms with Crippen LogP contribution in [0.2, 0.25) is 0 Å². The molecule has 0 fully saturated rings. The Hall–Kier alpha value is -1.30. The maximum Gasteiger partial charge on any atom is 0.305 e. The molecule has 0 aromatic heterocycles. The smallest absolute Gasteiger partial charge is 0.305 e. The van der Waals surface area contributed by atoms with Gasteiger partial charge in [0.05, 0.1) is 19.6 Å². The van der Waals surface area contributed by atoms with E-state index in [1.807, 2.05) is 0 Å². The molecule has 0 rings (SSSR count). The molecule has 0 saturated carbocycles. The highest BCUT2D eigenvalue weighted by molar-refractivity contribution is 5.69. The average Bonchev–Trinajstić information content (AvgIpc) is 3.34. The van der Waals surface area contributed by atoms with Crippen LogP contribution in [0.25, 0.3) is 0 Å². The van der Waals surface area contributed by atoms with Crippen molar-refractivity contribution in [3.05, 3.63) is 0 Å². The van der Waals surface area contributed by atoms with E-state index in [0.29, 0.717) is 45.7 Å². The van der Waals surface area contributed by atoms with Crippen LogP contribution in [0.1, 0.15) is 285 Å². The number of rotatable bonds is 58. The molecule has 0 atom stereocenters. The summed E-state index contributed by atoms with van der Waals surface area (Å²) < 4.78 is 35.7. The molecule has 68 heavy (non-hydrogen) atoms. The Morgan fingerprint density at radius 2 is 0.647 bits per heavy atom. The molecule has 0 aliphatic rings. The molecule has 10 nitrogen and oxygen atoms in total. The van der Waals surface area contributed by atoms with E-state index in [0.717, 1.165) is 142 Å². The van der Waals surface area contributed by atoms with Crippen molar-refractivity contribution in [2.45, 2.75) is 297 Å². The summed E-state index contributed by atoms with van der Waals surface area (Å²) in [6.45, 7) is 16.2. The number of carbonyl (C=O) groups excluding carboxylic acids is 2. The minimum atomic E-state index is -0.330. The fourth-order valence-corrected chi connectivity index (χ4v) is 8.52. The lowest BCUT2D eigenvalue weighted by atomic mass is 10.1. The Morgan fingerprint density at radius 1 is 0.338 bits per heavy atom. The highest BCUT2D eigenvalue weighted by Gasteiger charge is 2.15. The molecule has 0 saturated heterocycles. The number of ether oxygens (including phenoxy) is 6. The van der Waals surface area contributed by atoms with Crippen molar-refractivity contribution in [3.8, 4) is 0 Å². The lowest BCUT2D eigenvalue weighted by molar-refractivity contribution is -0.159. The van der Waals surface area contributed by atoms with E-state index in [9.17, 15) is 14.7 Å². The summed E-state index contributed by atoms with van der Waals surface area (Å²) in [5, 5.41) is 9.35. The van der Waals surface area contributed by atoms with Crippen molar-refractivity contribution in [2.75, 3.05) is 65.9 Å². The topological polar surface area (TPSA) is 113 Å². The fourth-order valence-electron chi connectivity index (χ4n) is 8.52. The maximum atomic E-state index is 12.6. The molecular formula is C58H115NO9. The number of unbranched alkanes of at least 4 members (excludes halogenated alkanes) is 28. The van der Waals surface area contributed by atoms with Crippen LogP contribution in [0.15, 0.2) is 0 Å². The van der Waals surface area contributed by atoms with Gasteiger partial charge in [-0.15, -0.1) is 0 Å². The molecule has 0 spiro atoms. The Kier molecular flexibility index (Phi) is 55.5. The standard InChI is InChI=1S/C58H115NO9/c1-5-9-13-17-23-37-51-65-57(66-52-38-24-18-14-10-6-2)42-30-29-41-55(61)63-49-35-27-21-31-45-59(47-33-34-48-60)46-32-22-28-36-50-64-56(62)43-44-58(67-53-39-25-19-15-11-7-3)68-54-40-26-20-16-12-8-4/h57-58,60H,5-54H2,1-4H3. The van der Waals surface area contributed by atoms with Gasteiger partial charge in [-0.3, -0.25) is 9.59 Å². The average molecular weight is 971 g/mol. The van der Waals surface area contributed by atoms with Crippen molar-refractivity contribution in [1.82, 2.24) is 4.90 Å². The predicted octanol–water partition coefficient (Wildman–Crippen LogP) is 15.8. The molecular weight excluding hydrogens is 855 g/mol. The van der Waals surface area contributed by atoms with Crippen LogP contribution in [0.5, 0.6) is 0 Å². The van der Waals surface area contributed by atoms with E-state index in [2.05, 4.69) is 32.6 Å². The van der Waals surface area contributed by atoms with Crippen LogP contribution in [-0.2, 0) is 38.0 Å². The zero-order valence-electron chi connectivity index (χ0n) is 45.7. The van der Waals surface area contributed by atoms with Crippen molar-refractivity contribution in [1.29, 1.82) is 0 Å². The number of carbonyl (C=O) groups is 2. The molecule has 0 unspecified atom stereocenters. The summed E-state index contributed by atoms with van der Waals surface area (Å²) in [5.74, 6) is -0.244. The summed E-state index contributed by atoms with van der Waals surface area (Å²) in [4.78, 5) is 27.6. The van der Waals surface area contributed by atoms with E-state index in [1.54, 1.807) is 0 Å². The molecule has 0 aliphatic carbocycles. The summed E-state index contributed by atoms with van der Waals surface area (Å²) in [6, 6.07) is 0. The Bertz CT molecular complexity index is 967. The highest BCUT2D eigenvalue weighted by Crippen LogP contribution is 2.16. The zero-order valence-corrected chi connectivity index (χ0v) is 45.7. The lowest BCUT2D eigenvalue weighted by Crippen LogP contribution is -2.27. The van der Waals surface area contributed by atoms with E-state index < -0.39 is 0 Å². The molecule has 0 aromatic carbocycles. The largest absolute Gasteiger partial charge is 0.466 e. The van der Waals surface area contributed by atoms with Gasteiger partial charge in [0, 0.05) is 45.9 Å². The summed E-state index contributed by atoms with van der Waals surface area (Å²) in [5.41, 5.74) is 0. The Labute approximate surface area is 421 Å². The third-order valence-electron chi connectivity index (χ3n) is 13.0. The number of nitrogens with zero attached hydrogens (tertiary/aromatic N) is 1. The molecule has 0 aliphatic heterocycles. The Morgan fingerprint density at radius 3 is 1.03 bits per heavy atom. The van der Waals surface area contributed by atoms with E-state index in [-0.39, 0.29) is 31.1 Å². The molecule has 0 radical (unpaired) electrons. The van der Waals surface area contributed by atoms with Gasteiger partial charge in [0.15, 0.2) is 12.6 Å². The van der Waals surface area contributed by atoms with Crippen molar-refractivity contribution >= 4 is 11.9 Å². The van der Waals surface area contributed by atoms with Gasteiger partial charge in [0.25, 0.3) is 0 Å². The first-order valence-corrected chi connectivity index (χ1v) is 29.6. The van der Waals surface area contributed by atoms with Gasteiger partial charge in [-0.05, 0) is 103 Å². The SMILES string of the molecule is CCCCCCCCOC(CCCCC(=O)OCCCCCCN(CCCCO)CCCCCCOC(=O)CCC(OCCCCCCCC)OCCCCCCCC)OCCCCCCCC. The van der Waals surface area contributed by atoms with Gasteiger partial charge in [0.2, 0.25) is 0 Å². The van der Waals surface area contributed by atoms with Gasteiger partial charge in [-0.25, -0.2) is 0 Å². The molecule has 0 amide bonds. The molecule has 0 heterocycles. The molecule has 0 aromatic rings. The second-order valence-electron chi connectivity index (χ2n) is 19.7. The van der Waals surface area contributed by atoms with Crippen molar-refractivity contribution in [3.63, 3.8) is 0 Å². The van der Waals surface area contributed by atoms with Crippen LogP contribution in [0.3, 0.4) is 0 Å². The van der Waals surface area contributed by atoms with Gasteiger partial charge in [-0.2, -0.15) is 0 Å². The first kappa shape index (κ1) is 66.7. The number of esters is 2. The third-order valence-corrected chi connectivity index (χ3v) is 13.0. The van der Waals surface area contributed by atoms with Gasteiger partial charge in [-0.1, -0.05) is 182 Å². The van der Waals surface area contributed by atoms with E-state index in [1.165, 1.54) is 128 Å². The minimum Gasteiger partial charge on any atom is -0.466 e. The summed E-state index contributed by atoms with van der Waals surface area (Å²) >= 11 is 0. The van der Waals surface area contributed by atoms with Crippen LogP contribution in [0, 0.1) is 0 Å². The molecule has 0 bridgehead atoms. The van der Waals surface area contributed by atoms with Gasteiger partial charge in [0.1, 0.15) is 0 Å². The van der Waals surface area contributed by atoms with Crippen LogP contribution < -0.4 is 0 Å². The van der Waals surface area contributed by atoms with Gasteiger partial charge < -0.3 is 38.4 Å². The minimum absolute atomic E-state index is 0.0900. The normalized spacial score (nSPS) is 11.8. The number of aliphatic hydroxyl groups is 1. The van der Waals surface area contributed by atoms with Crippen LogP contribution in [-0.4, -0.2) is 100 Å². The first-order valence-electron chi connectivity index (χ1n) is 29.6. The highest BCUT2D eigenvalue weighted by atomic mass is 16.7. The second kappa shape index (κ2) is 56.6. The molecule has 406 valence electrons. The van der Waals surface area contributed by atoms with E-state index in [4.69, 9.17) is 28.4 Å². The lowest BCUT2D eigenvalue weighted by Gasteiger charge is -2.22. The number of hydrogen-bond acceptors (Lipinski definition) is 10. The number of hydrogen-bond donors (Lipinski definition) is 1. The maximum absolute atomic E-state index is 12.6.